The maximum atomic E-state index is 12.2. The predicted molar refractivity (Wildman–Crippen MR) is 51.7 cm³/mol. The lowest BCUT2D eigenvalue weighted by Gasteiger charge is -2.07. The van der Waals surface area contributed by atoms with Gasteiger partial charge in [0, 0.05) is 5.30 Å². The van der Waals surface area contributed by atoms with Crippen molar-refractivity contribution in [2.75, 3.05) is 6.61 Å². The molecule has 1 aromatic rings. The highest BCUT2D eigenvalue weighted by Gasteiger charge is 2.30. The largest absolute Gasteiger partial charge is 0.416 e. The smallest absolute Gasteiger partial charge is 0.328 e. The molecule has 1 rings (SSSR count). The molecule has 0 spiro atoms. The van der Waals surface area contributed by atoms with Crippen LogP contribution in [-0.4, -0.2) is 6.61 Å². The molecule has 0 saturated heterocycles. The lowest BCUT2D eigenvalue weighted by atomic mass is 10.2. The van der Waals surface area contributed by atoms with Crippen molar-refractivity contribution in [3.05, 3.63) is 29.8 Å². The summed E-state index contributed by atoms with van der Waals surface area (Å²) >= 11 is 0. The summed E-state index contributed by atoms with van der Waals surface area (Å²) in [7, 11) is -2.40. The number of rotatable bonds is 3. The molecule has 0 aliphatic rings. The third kappa shape index (κ3) is 3.36. The Balaban J connectivity index is 2.86. The monoisotopic (exact) mass is 238 g/mol. The van der Waals surface area contributed by atoms with Crippen LogP contribution in [0.1, 0.15) is 12.5 Å². The van der Waals surface area contributed by atoms with Gasteiger partial charge in [0.05, 0.1) is 12.2 Å². The minimum atomic E-state index is -4.36. The van der Waals surface area contributed by atoms with E-state index in [1.165, 1.54) is 12.1 Å². The van der Waals surface area contributed by atoms with Gasteiger partial charge in [0.25, 0.3) is 0 Å². The first-order valence-corrected chi connectivity index (χ1v) is 5.61. The summed E-state index contributed by atoms with van der Waals surface area (Å²) in [6.45, 7) is 1.95. The molecule has 0 fully saturated rings. The van der Waals surface area contributed by atoms with Crippen LogP contribution in [0, 0.1) is 0 Å². The molecule has 0 aliphatic heterocycles. The first kappa shape index (κ1) is 12.3. The summed E-state index contributed by atoms with van der Waals surface area (Å²) in [4.78, 5) is 0. The molecule has 0 radical (unpaired) electrons. The third-order valence-electron chi connectivity index (χ3n) is 1.72. The molecule has 1 aromatic carbocycles. The molecule has 15 heavy (non-hydrogen) atoms. The fraction of sp³-hybridized carbons (Fsp3) is 0.333. The van der Waals surface area contributed by atoms with Gasteiger partial charge in [-0.1, -0.05) is 0 Å². The van der Waals surface area contributed by atoms with Gasteiger partial charge in [0.15, 0.2) is 0 Å². The van der Waals surface area contributed by atoms with E-state index in [0.29, 0.717) is 5.30 Å². The van der Waals surface area contributed by atoms with Crippen LogP contribution in [-0.2, 0) is 15.3 Å². The summed E-state index contributed by atoms with van der Waals surface area (Å²) in [5.74, 6) is 0. The van der Waals surface area contributed by atoms with Crippen molar-refractivity contribution in [3.8, 4) is 0 Å². The Hall–Kier alpha value is -0.800. The molecule has 1 unspecified atom stereocenters. The highest BCUT2D eigenvalue weighted by molar-refractivity contribution is 7.48. The summed E-state index contributed by atoms with van der Waals surface area (Å²) in [6, 6.07) is 4.16. The normalized spacial score (nSPS) is 13.9. The number of hydrogen-bond acceptors (Lipinski definition) is 2. The highest BCUT2D eigenvalue weighted by atomic mass is 31.1. The van der Waals surface area contributed by atoms with E-state index in [1.54, 1.807) is 6.92 Å². The number of benzene rings is 1. The van der Waals surface area contributed by atoms with Crippen molar-refractivity contribution >= 4 is 13.3 Å². The van der Waals surface area contributed by atoms with Gasteiger partial charge in [-0.25, -0.2) is 0 Å². The number of halogens is 3. The maximum absolute atomic E-state index is 12.2. The second-order valence-electron chi connectivity index (χ2n) is 2.80. The molecule has 6 heteroatoms. The van der Waals surface area contributed by atoms with Gasteiger partial charge in [-0.2, -0.15) is 13.2 Å². The first-order valence-electron chi connectivity index (χ1n) is 4.29. The van der Waals surface area contributed by atoms with Gasteiger partial charge in [-0.3, -0.25) is 4.57 Å². The molecule has 0 aromatic heterocycles. The Kier molecular flexibility index (Phi) is 3.94. The van der Waals surface area contributed by atoms with Crippen LogP contribution < -0.4 is 5.30 Å². The zero-order valence-electron chi connectivity index (χ0n) is 7.97. The van der Waals surface area contributed by atoms with Crippen LogP contribution in [0.2, 0.25) is 0 Å². The topological polar surface area (TPSA) is 26.3 Å². The minimum Gasteiger partial charge on any atom is -0.328 e. The van der Waals surface area contributed by atoms with Gasteiger partial charge >= 0.3 is 6.18 Å². The van der Waals surface area contributed by atoms with E-state index >= 15 is 0 Å². The van der Waals surface area contributed by atoms with Crippen molar-refractivity contribution in [1.29, 1.82) is 0 Å². The summed E-state index contributed by atoms with van der Waals surface area (Å²) in [6.07, 6.45) is -4.36. The van der Waals surface area contributed by atoms with Crippen LogP contribution in [0.15, 0.2) is 24.3 Å². The standard InChI is InChI=1S/C9H10F3O2P/c1-2-14-15(13)8-5-3-7(4-6-8)9(10,11)12/h3-6,15H,2H2,1H3. The Bertz CT molecular complexity index is 345. The van der Waals surface area contributed by atoms with Gasteiger partial charge < -0.3 is 4.52 Å². The Labute approximate surface area is 85.9 Å². The Morgan fingerprint density at radius 2 is 1.80 bits per heavy atom. The Morgan fingerprint density at radius 1 is 1.27 bits per heavy atom. The fourth-order valence-corrected chi connectivity index (χ4v) is 1.88. The summed E-state index contributed by atoms with van der Waals surface area (Å²) < 4.78 is 52.6. The van der Waals surface area contributed by atoms with Crippen LogP contribution in [0.4, 0.5) is 13.2 Å². The zero-order valence-corrected chi connectivity index (χ0v) is 8.97. The van der Waals surface area contributed by atoms with Gasteiger partial charge in [-0.15, -0.1) is 0 Å². The van der Waals surface area contributed by atoms with E-state index in [0.717, 1.165) is 12.1 Å². The molecule has 0 N–H and O–H groups in total. The number of alkyl halides is 3. The predicted octanol–water partition coefficient (Wildman–Crippen LogP) is 2.84. The zero-order chi connectivity index (χ0) is 11.5. The molecule has 0 aliphatic carbocycles. The van der Waals surface area contributed by atoms with E-state index in [1.807, 2.05) is 0 Å². The van der Waals surface area contributed by atoms with Crippen molar-refractivity contribution in [2.45, 2.75) is 13.1 Å². The molecule has 0 amide bonds. The van der Waals surface area contributed by atoms with Crippen LogP contribution in [0.25, 0.3) is 0 Å². The second-order valence-corrected chi connectivity index (χ2v) is 4.24. The Morgan fingerprint density at radius 3 is 2.20 bits per heavy atom. The maximum Gasteiger partial charge on any atom is 0.416 e. The molecule has 2 nitrogen and oxygen atoms in total. The minimum absolute atomic E-state index is 0.277. The van der Waals surface area contributed by atoms with E-state index in [2.05, 4.69) is 0 Å². The molecule has 0 heterocycles. The van der Waals surface area contributed by atoms with Crippen LogP contribution in [0.5, 0.6) is 0 Å². The lowest BCUT2D eigenvalue weighted by Crippen LogP contribution is -2.07. The van der Waals surface area contributed by atoms with Crippen molar-refractivity contribution < 1.29 is 22.3 Å². The van der Waals surface area contributed by atoms with Crippen LogP contribution >= 0.6 is 8.03 Å². The van der Waals surface area contributed by atoms with Crippen LogP contribution in [0.3, 0.4) is 0 Å². The SMILES string of the molecule is CCO[PH](=O)c1ccc(C(F)(F)F)cc1. The molecular formula is C9H10F3O2P. The van der Waals surface area contributed by atoms with Gasteiger partial charge in [0.1, 0.15) is 0 Å². The molecular weight excluding hydrogens is 228 g/mol. The van der Waals surface area contributed by atoms with Crippen molar-refractivity contribution in [3.63, 3.8) is 0 Å². The van der Waals surface area contributed by atoms with Crippen molar-refractivity contribution in [2.24, 2.45) is 0 Å². The van der Waals surface area contributed by atoms with Crippen molar-refractivity contribution in [1.82, 2.24) is 0 Å². The average Bonchev–Trinajstić information content (AvgIpc) is 2.17. The fourth-order valence-electron chi connectivity index (χ4n) is 1.01. The highest BCUT2D eigenvalue weighted by Crippen LogP contribution is 2.29. The number of hydrogen-bond donors (Lipinski definition) is 0. The molecule has 84 valence electrons. The van der Waals surface area contributed by atoms with Gasteiger partial charge in [-0.05, 0) is 31.2 Å². The quantitative estimate of drug-likeness (QED) is 0.757. The molecule has 1 atom stereocenters. The van der Waals surface area contributed by atoms with E-state index in [9.17, 15) is 17.7 Å². The molecule has 0 bridgehead atoms. The van der Waals surface area contributed by atoms with E-state index in [4.69, 9.17) is 4.52 Å². The third-order valence-corrected chi connectivity index (χ3v) is 3.08. The summed E-state index contributed by atoms with van der Waals surface area (Å²) in [5.41, 5.74) is -0.752. The van der Waals surface area contributed by atoms with E-state index in [-0.39, 0.29) is 6.61 Å². The second kappa shape index (κ2) is 4.81. The average molecular weight is 238 g/mol. The lowest BCUT2D eigenvalue weighted by molar-refractivity contribution is -0.137. The summed E-state index contributed by atoms with van der Waals surface area (Å²) in [5, 5.41) is 0.301. The van der Waals surface area contributed by atoms with E-state index < -0.39 is 19.8 Å². The van der Waals surface area contributed by atoms with Gasteiger partial charge in [0.2, 0.25) is 8.03 Å². The molecule has 0 saturated carbocycles. The first-order chi connectivity index (χ1) is 6.95.